The Morgan fingerprint density at radius 2 is 2.44 bits per heavy atom. The minimum absolute atomic E-state index is 0.922. The SMILES string of the molecule is C=N/C(=C\C=C/C)CI. The molecule has 0 unspecified atom stereocenters. The molecule has 0 heterocycles. The standard InChI is InChI=1S/C7H10IN/c1-3-4-5-7(6-8)9-2/h3-5H,2,6H2,1H3/b4-3-,7-5-. The van der Waals surface area contributed by atoms with Gasteiger partial charge in [-0.1, -0.05) is 34.7 Å². The Morgan fingerprint density at radius 1 is 1.78 bits per heavy atom. The average molecular weight is 235 g/mol. The van der Waals surface area contributed by atoms with Gasteiger partial charge in [-0.2, -0.15) is 0 Å². The highest BCUT2D eigenvalue weighted by atomic mass is 127. The summed E-state index contributed by atoms with van der Waals surface area (Å²) < 4.78 is 0.922. The number of alkyl halides is 1. The monoisotopic (exact) mass is 235 g/mol. The first-order chi connectivity index (χ1) is 4.35. The van der Waals surface area contributed by atoms with E-state index in [0.717, 1.165) is 10.1 Å². The van der Waals surface area contributed by atoms with Gasteiger partial charge in [0.25, 0.3) is 0 Å². The summed E-state index contributed by atoms with van der Waals surface area (Å²) in [6, 6.07) is 0. The van der Waals surface area contributed by atoms with Crippen molar-refractivity contribution >= 4 is 29.3 Å². The summed E-state index contributed by atoms with van der Waals surface area (Å²) in [7, 11) is 0. The maximum atomic E-state index is 3.80. The molecule has 0 bridgehead atoms. The van der Waals surface area contributed by atoms with Crippen molar-refractivity contribution < 1.29 is 0 Å². The molecule has 50 valence electrons. The van der Waals surface area contributed by atoms with Gasteiger partial charge in [0.1, 0.15) is 0 Å². The predicted molar refractivity (Wildman–Crippen MR) is 51.3 cm³/mol. The van der Waals surface area contributed by atoms with Crippen LogP contribution in [0, 0.1) is 0 Å². The molecule has 0 aromatic rings. The highest BCUT2D eigenvalue weighted by Gasteiger charge is 1.82. The fraction of sp³-hybridized carbons (Fsp3) is 0.286. The Balaban J connectivity index is 3.90. The molecule has 9 heavy (non-hydrogen) atoms. The highest BCUT2D eigenvalue weighted by Crippen LogP contribution is 2.00. The molecule has 0 atom stereocenters. The van der Waals surface area contributed by atoms with Crippen molar-refractivity contribution in [2.75, 3.05) is 4.43 Å². The molecule has 0 amide bonds. The second kappa shape index (κ2) is 6.01. The van der Waals surface area contributed by atoms with Crippen molar-refractivity contribution in [1.82, 2.24) is 0 Å². The topological polar surface area (TPSA) is 12.4 Å². The van der Waals surface area contributed by atoms with Crippen molar-refractivity contribution in [2.45, 2.75) is 6.92 Å². The predicted octanol–water partition coefficient (Wildman–Crippen LogP) is 2.58. The van der Waals surface area contributed by atoms with E-state index >= 15 is 0 Å². The Morgan fingerprint density at radius 3 is 2.78 bits per heavy atom. The van der Waals surface area contributed by atoms with E-state index in [2.05, 4.69) is 34.3 Å². The van der Waals surface area contributed by atoms with Crippen molar-refractivity contribution in [3.05, 3.63) is 23.9 Å². The molecule has 0 radical (unpaired) electrons. The van der Waals surface area contributed by atoms with E-state index < -0.39 is 0 Å². The minimum atomic E-state index is 0.922. The average Bonchev–Trinajstić information content (AvgIpc) is 1.91. The summed E-state index contributed by atoms with van der Waals surface area (Å²) >= 11 is 2.25. The van der Waals surface area contributed by atoms with Gasteiger partial charge in [0.15, 0.2) is 0 Å². The molecule has 0 rings (SSSR count). The van der Waals surface area contributed by atoms with Crippen LogP contribution in [0.4, 0.5) is 0 Å². The largest absolute Gasteiger partial charge is 0.268 e. The molecule has 0 aliphatic rings. The quantitative estimate of drug-likeness (QED) is 0.308. The van der Waals surface area contributed by atoms with E-state index in [1.54, 1.807) is 0 Å². The van der Waals surface area contributed by atoms with E-state index in [-0.39, 0.29) is 0 Å². The molecule has 0 N–H and O–H groups in total. The molecule has 0 aromatic carbocycles. The number of halogens is 1. The Labute approximate surface area is 69.7 Å². The molecular weight excluding hydrogens is 225 g/mol. The fourth-order valence-electron chi connectivity index (χ4n) is 0.347. The van der Waals surface area contributed by atoms with Gasteiger partial charge in [-0.3, -0.25) is 4.99 Å². The fourth-order valence-corrected chi connectivity index (χ4v) is 0.842. The van der Waals surface area contributed by atoms with Crippen LogP contribution < -0.4 is 0 Å². The van der Waals surface area contributed by atoms with Crippen LogP contribution in [0.5, 0.6) is 0 Å². The number of hydrogen-bond acceptors (Lipinski definition) is 1. The van der Waals surface area contributed by atoms with Gasteiger partial charge in [-0.15, -0.1) is 0 Å². The lowest BCUT2D eigenvalue weighted by Gasteiger charge is -1.87. The highest BCUT2D eigenvalue weighted by molar-refractivity contribution is 14.1. The maximum absolute atomic E-state index is 3.80. The molecular formula is C7H10IN. The lowest BCUT2D eigenvalue weighted by molar-refractivity contribution is 1.36. The number of allylic oxidation sites excluding steroid dienone is 4. The maximum Gasteiger partial charge on any atom is 0.0493 e. The van der Waals surface area contributed by atoms with Gasteiger partial charge in [-0.25, -0.2) is 0 Å². The first-order valence-electron chi connectivity index (χ1n) is 2.69. The summed E-state index contributed by atoms with van der Waals surface area (Å²) in [5, 5.41) is 0. The van der Waals surface area contributed by atoms with Gasteiger partial charge in [0, 0.05) is 10.1 Å². The van der Waals surface area contributed by atoms with E-state index in [4.69, 9.17) is 0 Å². The number of hydrogen-bond donors (Lipinski definition) is 0. The Hall–Kier alpha value is -0.120. The van der Waals surface area contributed by atoms with E-state index in [1.807, 2.05) is 25.2 Å². The van der Waals surface area contributed by atoms with E-state index in [1.165, 1.54) is 0 Å². The first-order valence-corrected chi connectivity index (χ1v) is 4.22. The van der Waals surface area contributed by atoms with Crippen molar-refractivity contribution in [3.63, 3.8) is 0 Å². The third kappa shape index (κ3) is 4.39. The van der Waals surface area contributed by atoms with Crippen LogP contribution in [0.3, 0.4) is 0 Å². The molecule has 0 spiro atoms. The third-order valence-electron chi connectivity index (χ3n) is 0.821. The molecule has 0 fully saturated rings. The van der Waals surface area contributed by atoms with E-state index in [9.17, 15) is 0 Å². The Kier molecular flexibility index (Phi) is 5.93. The zero-order valence-corrected chi connectivity index (χ0v) is 7.63. The zero-order chi connectivity index (χ0) is 7.11. The number of rotatable bonds is 3. The summed E-state index contributed by atoms with van der Waals surface area (Å²) in [6.45, 7) is 5.40. The van der Waals surface area contributed by atoms with E-state index in [0.29, 0.717) is 0 Å². The summed E-state index contributed by atoms with van der Waals surface area (Å²) in [5.74, 6) is 0. The number of nitrogens with zero attached hydrogens (tertiary/aromatic N) is 1. The van der Waals surface area contributed by atoms with Crippen molar-refractivity contribution in [3.8, 4) is 0 Å². The lowest BCUT2D eigenvalue weighted by Crippen LogP contribution is -1.74. The van der Waals surface area contributed by atoms with Crippen LogP contribution in [-0.4, -0.2) is 11.1 Å². The molecule has 0 saturated carbocycles. The summed E-state index contributed by atoms with van der Waals surface area (Å²) in [5.41, 5.74) is 1.02. The molecule has 0 aliphatic heterocycles. The van der Waals surface area contributed by atoms with Crippen molar-refractivity contribution in [2.24, 2.45) is 4.99 Å². The van der Waals surface area contributed by atoms with Gasteiger partial charge in [-0.05, 0) is 19.7 Å². The first kappa shape index (κ1) is 8.88. The van der Waals surface area contributed by atoms with Crippen LogP contribution in [-0.2, 0) is 0 Å². The van der Waals surface area contributed by atoms with Gasteiger partial charge >= 0.3 is 0 Å². The van der Waals surface area contributed by atoms with Crippen LogP contribution in [0.15, 0.2) is 28.9 Å². The summed E-state index contributed by atoms with van der Waals surface area (Å²) in [4.78, 5) is 3.80. The molecule has 0 saturated heterocycles. The second-order valence-electron chi connectivity index (χ2n) is 1.48. The molecule has 0 aromatic heterocycles. The van der Waals surface area contributed by atoms with Gasteiger partial charge in [0.2, 0.25) is 0 Å². The van der Waals surface area contributed by atoms with Crippen LogP contribution in [0.25, 0.3) is 0 Å². The number of aliphatic imine (C=N–C) groups is 1. The normalized spacial score (nSPS) is 12.4. The summed E-state index contributed by atoms with van der Waals surface area (Å²) in [6.07, 6.45) is 5.89. The third-order valence-corrected chi connectivity index (χ3v) is 1.60. The zero-order valence-electron chi connectivity index (χ0n) is 5.47. The minimum Gasteiger partial charge on any atom is -0.268 e. The molecule has 2 heteroatoms. The second-order valence-corrected chi connectivity index (χ2v) is 2.24. The lowest BCUT2D eigenvalue weighted by atomic mass is 10.4. The molecule has 0 aliphatic carbocycles. The van der Waals surface area contributed by atoms with Gasteiger partial charge < -0.3 is 0 Å². The Bertz CT molecular complexity index is 136. The van der Waals surface area contributed by atoms with Gasteiger partial charge in [0.05, 0.1) is 0 Å². The van der Waals surface area contributed by atoms with Crippen LogP contribution in [0.2, 0.25) is 0 Å². The smallest absolute Gasteiger partial charge is 0.0493 e. The van der Waals surface area contributed by atoms with Crippen LogP contribution in [0.1, 0.15) is 6.92 Å². The van der Waals surface area contributed by atoms with Crippen LogP contribution >= 0.6 is 22.6 Å². The molecule has 1 nitrogen and oxygen atoms in total. The van der Waals surface area contributed by atoms with Crippen molar-refractivity contribution in [1.29, 1.82) is 0 Å².